The lowest BCUT2D eigenvalue weighted by atomic mass is 10.0. The van der Waals surface area contributed by atoms with Crippen molar-refractivity contribution in [2.24, 2.45) is 0 Å². The largest absolute Gasteiger partial charge is 0.417 e. The van der Waals surface area contributed by atoms with Gasteiger partial charge in [-0.1, -0.05) is 0 Å². The first-order valence-electron chi connectivity index (χ1n) is 7.93. The number of hydrogen-bond acceptors (Lipinski definition) is 5. The van der Waals surface area contributed by atoms with Gasteiger partial charge in [0.15, 0.2) is 11.5 Å². The topological polar surface area (TPSA) is 59.2 Å². The van der Waals surface area contributed by atoms with Gasteiger partial charge in [-0.3, -0.25) is 4.98 Å². The normalized spacial score (nSPS) is 14.8. The van der Waals surface area contributed by atoms with Crippen molar-refractivity contribution < 1.29 is 13.2 Å². The molecule has 3 aromatic rings. The average Bonchev–Trinajstić information content (AvgIpc) is 2.97. The zero-order chi connectivity index (χ0) is 18.6. The predicted octanol–water partition coefficient (Wildman–Crippen LogP) is 3.37. The number of pyridine rings is 1. The summed E-state index contributed by atoms with van der Waals surface area (Å²) in [5.74, 6) is 0.653. The van der Waals surface area contributed by atoms with Crippen molar-refractivity contribution in [2.75, 3.05) is 11.4 Å². The van der Waals surface area contributed by atoms with Crippen LogP contribution in [0.1, 0.15) is 27.9 Å². The summed E-state index contributed by atoms with van der Waals surface area (Å²) in [5.41, 5.74) is 2.84. The molecule has 0 aromatic carbocycles. The standard InChI is InChI=1S/C16H14ClF3N6/c1-8-9(2)14(24-26-13(8)22-23-15(26)17)25-4-3-12-10(7-25)5-11(6-21-12)16(18,19)20/h5-6H,3-4,7H2,1-2H3. The summed E-state index contributed by atoms with van der Waals surface area (Å²) in [7, 11) is 0. The number of aryl methyl sites for hydroxylation is 1. The maximum atomic E-state index is 13.0. The minimum absolute atomic E-state index is 0.141. The molecule has 10 heteroatoms. The molecule has 4 heterocycles. The van der Waals surface area contributed by atoms with Gasteiger partial charge in [-0.2, -0.15) is 17.7 Å². The van der Waals surface area contributed by atoms with E-state index < -0.39 is 11.7 Å². The van der Waals surface area contributed by atoms with Crippen LogP contribution in [0.5, 0.6) is 0 Å². The number of alkyl halides is 3. The van der Waals surface area contributed by atoms with Crippen LogP contribution in [0, 0.1) is 13.8 Å². The molecule has 0 bridgehead atoms. The Morgan fingerprint density at radius 1 is 1.15 bits per heavy atom. The number of halogens is 4. The molecule has 0 saturated carbocycles. The van der Waals surface area contributed by atoms with Crippen LogP contribution >= 0.6 is 11.6 Å². The van der Waals surface area contributed by atoms with Gasteiger partial charge in [0, 0.05) is 42.5 Å². The van der Waals surface area contributed by atoms with E-state index in [9.17, 15) is 13.2 Å². The third kappa shape index (κ3) is 2.66. The molecule has 0 saturated heterocycles. The van der Waals surface area contributed by atoms with E-state index >= 15 is 0 Å². The maximum Gasteiger partial charge on any atom is 0.417 e. The Bertz CT molecular complexity index is 1010. The number of fused-ring (bicyclic) bond motifs is 2. The van der Waals surface area contributed by atoms with E-state index in [1.165, 1.54) is 10.6 Å². The SMILES string of the molecule is Cc1c(N2CCc3ncc(C(F)(F)F)cc3C2)nn2c(Cl)nnc2c1C. The number of anilines is 1. The van der Waals surface area contributed by atoms with Crippen LogP contribution in [0.15, 0.2) is 12.3 Å². The zero-order valence-electron chi connectivity index (χ0n) is 14.0. The van der Waals surface area contributed by atoms with Crippen LogP contribution in [0.2, 0.25) is 5.28 Å². The lowest BCUT2D eigenvalue weighted by Gasteiger charge is -2.31. The van der Waals surface area contributed by atoms with Crippen molar-refractivity contribution in [2.45, 2.75) is 33.0 Å². The second-order valence-corrected chi connectivity index (χ2v) is 6.62. The molecule has 0 aliphatic carbocycles. The Labute approximate surface area is 151 Å². The predicted molar refractivity (Wildman–Crippen MR) is 89.3 cm³/mol. The Hall–Kier alpha value is -2.42. The van der Waals surface area contributed by atoms with Gasteiger partial charge in [-0.05, 0) is 37.1 Å². The van der Waals surface area contributed by atoms with E-state index in [2.05, 4.69) is 20.3 Å². The summed E-state index contributed by atoms with van der Waals surface area (Å²) in [4.78, 5) is 5.93. The van der Waals surface area contributed by atoms with E-state index in [1.807, 2.05) is 18.7 Å². The van der Waals surface area contributed by atoms with Gasteiger partial charge < -0.3 is 4.90 Å². The van der Waals surface area contributed by atoms with Crippen molar-refractivity contribution in [3.05, 3.63) is 45.5 Å². The van der Waals surface area contributed by atoms with Crippen LogP contribution in [-0.4, -0.2) is 31.3 Å². The molecule has 0 N–H and O–H groups in total. The van der Waals surface area contributed by atoms with E-state index in [0.717, 1.165) is 17.3 Å². The minimum atomic E-state index is -4.41. The van der Waals surface area contributed by atoms with Crippen LogP contribution in [0.25, 0.3) is 5.65 Å². The van der Waals surface area contributed by atoms with Crippen molar-refractivity contribution in [3.63, 3.8) is 0 Å². The molecule has 136 valence electrons. The monoisotopic (exact) mass is 382 g/mol. The Morgan fingerprint density at radius 2 is 1.92 bits per heavy atom. The first-order chi connectivity index (χ1) is 12.3. The zero-order valence-corrected chi connectivity index (χ0v) is 14.7. The molecule has 6 nitrogen and oxygen atoms in total. The molecule has 1 aliphatic heterocycles. The number of nitrogens with zero attached hydrogens (tertiary/aromatic N) is 6. The molecule has 0 spiro atoms. The summed E-state index contributed by atoms with van der Waals surface area (Å²) in [6.45, 7) is 4.69. The average molecular weight is 383 g/mol. The first-order valence-corrected chi connectivity index (χ1v) is 8.31. The Balaban J connectivity index is 1.76. The van der Waals surface area contributed by atoms with Gasteiger partial charge in [-0.25, -0.2) is 0 Å². The number of aromatic nitrogens is 5. The van der Waals surface area contributed by atoms with Gasteiger partial charge in [0.25, 0.3) is 0 Å². The lowest BCUT2D eigenvalue weighted by molar-refractivity contribution is -0.137. The van der Waals surface area contributed by atoms with Gasteiger partial charge in [0.2, 0.25) is 5.28 Å². The molecular weight excluding hydrogens is 369 g/mol. The number of hydrogen-bond donors (Lipinski definition) is 0. The summed E-state index contributed by atoms with van der Waals surface area (Å²) < 4.78 is 40.4. The van der Waals surface area contributed by atoms with Crippen molar-refractivity contribution in [1.82, 2.24) is 24.8 Å². The third-order valence-corrected chi connectivity index (χ3v) is 4.93. The summed E-state index contributed by atoms with van der Waals surface area (Å²) in [6, 6.07) is 1.17. The molecule has 26 heavy (non-hydrogen) atoms. The quantitative estimate of drug-likeness (QED) is 0.646. The molecule has 3 aromatic heterocycles. The highest BCUT2D eigenvalue weighted by Crippen LogP contribution is 2.33. The van der Waals surface area contributed by atoms with Crippen LogP contribution < -0.4 is 4.90 Å². The maximum absolute atomic E-state index is 13.0. The summed E-state index contributed by atoms with van der Waals surface area (Å²) in [6.07, 6.45) is -2.98. The lowest BCUT2D eigenvalue weighted by Crippen LogP contribution is -2.33. The van der Waals surface area contributed by atoms with Crippen LogP contribution in [-0.2, 0) is 19.1 Å². The smallest absolute Gasteiger partial charge is 0.350 e. The van der Waals surface area contributed by atoms with E-state index in [-0.39, 0.29) is 5.28 Å². The van der Waals surface area contributed by atoms with Crippen molar-refractivity contribution in [3.8, 4) is 0 Å². The molecule has 4 rings (SSSR count). The number of rotatable bonds is 1. The van der Waals surface area contributed by atoms with E-state index in [0.29, 0.717) is 42.2 Å². The fourth-order valence-corrected chi connectivity index (χ4v) is 3.31. The highest BCUT2D eigenvalue weighted by Gasteiger charge is 2.33. The van der Waals surface area contributed by atoms with E-state index in [4.69, 9.17) is 11.6 Å². The second kappa shape index (κ2) is 5.80. The molecule has 0 radical (unpaired) electrons. The van der Waals surface area contributed by atoms with Gasteiger partial charge in [0.05, 0.1) is 5.56 Å². The third-order valence-electron chi connectivity index (χ3n) is 4.70. The summed E-state index contributed by atoms with van der Waals surface area (Å²) in [5, 5.41) is 12.5. The highest BCUT2D eigenvalue weighted by molar-refractivity contribution is 6.28. The molecule has 0 fully saturated rings. The molecule has 0 amide bonds. The van der Waals surface area contributed by atoms with Crippen molar-refractivity contribution >= 4 is 23.1 Å². The fourth-order valence-electron chi connectivity index (χ4n) is 3.15. The molecule has 1 aliphatic rings. The molecule has 0 atom stereocenters. The molecule has 0 unspecified atom stereocenters. The minimum Gasteiger partial charge on any atom is -0.350 e. The van der Waals surface area contributed by atoms with Gasteiger partial charge in [-0.15, -0.1) is 15.3 Å². The van der Waals surface area contributed by atoms with Crippen LogP contribution in [0.4, 0.5) is 19.0 Å². The van der Waals surface area contributed by atoms with E-state index in [1.54, 1.807) is 0 Å². The molecular formula is C16H14ClF3N6. The highest BCUT2D eigenvalue weighted by atomic mass is 35.5. The first kappa shape index (κ1) is 17.0. The van der Waals surface area contributed by atoms with Gasteiger partial charge in [0.1, 0.15) is 0 Å². The van der Waals surface area contributed by atoms with Gasteiger partial charge >= 0.3 is 6.18 Å². The summed E-state index contributed by atoms with van der Waals surface area (Å²) >= 11 is 6.03. The Kier molecular flexibility index (Phi) is 3.80. The van der Waals surface area contributed by atoms with Crippen molar-refractivity contribution in [1.29, 1.82) is 0 Å². The second-order valence-electron chi connectivity index (χ2n) is 6.28. The van der Waals surface area contributed by atoms with Crippen LogP contribution in [0.3, 0.4) is 0 Å². The fraction of sp³-hybridized carbons (Fsp3) is 0.375. The Morgan fingerprint density at radius 3 is 2.65 bits per heavy atom.